The molecule has 1 aliphatic rings. The van der Waals surface area contributed by atoms with Crippen LogP contribution in [0.4, 0.5) is 5.69 Å². The average molecular weight is 705 g/mol. The molecule has 0 fully saturated rings. The largest absolute Gasteiger partial charge is 0.744 e. The molecule has 0 bridgehead atoms. The fraction of sp³-hybridized carbons (Fsp3) is 0.143. The lowest BCUT2D eigenvalue weighted by Gasteiger charge is -2.29. The minimum atomic E-state index is -4.82. The van der Waals surface area contributed by atoms with E-state index in [1.54, 1.807) is 42.5 Å². The number of hydrogen-bond donors (Lipinski definition) is 0. The quantitative estimate of drug-likeness (QED) is 0.184. The summed E-state index contributed by atoms with van der Waals surface area (Å²) in [6.07, 6.45) is 9.03. The van der Waals surface area contributed by atoms with Crippen LogP contribution in [0.25, 0.3) is 6.08 Å². The Morgan fingerprint density at radius 2 is 1.31 bits per heavy atom. The minimum absolute atomic E-state index is 0.309. The number of hydrogen-bond acceptors (Lipinski definition) is 10. The van der Waals surface area contributed by atoms with Crippen molar-refractivity contribution in [2.75, 3.05) is 11.4 Å². The first-order chi connectivity index (χ1) is 22.6. The summed E-state index contributed by atoms with van der Waals surface area (Å²) in [4.78, 5) is 0.997. The molecular formula is C35H30NO9S3-3. The Labute approximate surface area is 280 Å². The first kappa shape index (κ1) is 35.0. The van der Waals surface area contributed by atoms with E-state index >= 15 is 0 Å². The standard InChI is InChI=1S/C35H33NO9S3/c1-2-36(24-27-8-6-10-32(23-27)47(40,41)42)30-19-17-29(18-20-30)35(33-11-3-4-12-34(33)48(43,44)45)28-15-13-25(14-16-28)21-26-7-5-9-31(22-26)46(37,38)39/h3-23,28,35H,2,24H2,1H3,(H,37,38,39)(H,40,41,42)(H,43,44,45)/p-3. The van der Waals surface area contributed by atoms with E-state index in [4.69, 9.17) is 0 Å². The summed E-state index contributed by atoms with van der Waals surface area (Å²) in [7, 11) is -14.1. The zero-order valence-electron chi connectivity index (χ0n) is 25.5. The molecule has 1 atom stereocenters. The Bertz CT molecular complexity index is 2230. The van der Waals surface area contributed by atoms with Crippen molar-refractivity contribution in [2.45, 2.75) is 34.1 Å². The lowest BCUT2D eigenvalue weighted by Crippen LogP contribution is -2.22. The molecule has 48 heavy (non-hydrogen) atoms. The van der Waals surface area contributed by atoms with Crippen molar-refractivity contribution in [1.82, 2.24) is 0 Å². The average Bonchev–Trinajstić information content (AvgIpc) is 3.04. The molecule has 0 saturated heterocycles. The fourth-order valence-electron chi connectivity index (χ4n) is 5.71. The first-order valence-electron chi connectivity index (χ1n) is 14.7. The molecule has 0 heterocycles. The van der Waals surface area contributed by atoms with Crippen LogP contribution in [0.2, 0.25) is 0 Å². The number of anilines is 1. The van der Waals surface area contributed by atoms with Crippen LogP contribution in [0.1, 0.15) is 35.1 Å². The second-order valence-corrected chi connectivity index (χ2v) is 15.3. The van der Waals surface area contributed by atoms with Gasteiger partial charge in [0.25, 0.3) is 0 Å². The van der Waals surface area contributed by atoms with Gasteiger partial charge in [-0.2, -0.15) is 0 Å². The Hall–Kier alpha value is -4.37. The van der Waals surface area contributed by atoms with Gasteiger partial charge in [-0.3, -0.25) is 0 Å². The van der Waals surface area contributed by atoms with Gasteiger partial charge in [0.15, 0.2) is 0 Å². The van der Waals surface area contributed by atoms with Crippen molar-refractivity contribution >= 4 is 42.1 Å². The summed E-state index contributed by atoms with van der Waals surface area (Å²) >= 11 is 0. The molecule has 10 nitrogen and oxygen atoms in total. The van der Waals surface area contributed by atoms with E-state index in [1.807, 2.05) is 48.2 Å². The van der Waals surface area contributed by atoms with E-state index in [-0.39, 0.29) is 20.6 Å². The van der Waals surface area contributed by atoms with Crippen molar-refractivity contribution in [3.63, 3.8) is 0 Å². The molecule has 5 rings (SSSR count). The third-order valence-electron chi connectivity index (χ3n) is 7.97. The third kappa shape index (κ3) is 8.37. The lowest BCUT2D eigenvalue weighted by atomic mass is 9.78. The molecule has 4 aromatic carbocycles. The van der Waals surface area contributed by atoms with E-state index < -0.39 is 36.3 Å². The molecule has 0 spiro atoms. The number of allylic oxidation sites excluding steroid dienone is 5. The van der Waals surface area contributed by atoms with Gasteiger partial charge in [0.05, 0.1) is 14.7 Å². The Morgan fingerprint density at radius 1 is 0.708 bits per heavy atom. The van der Waals surface area contributed by atoms with Crippen LogP contribution in [0.15, 0.2) is 142 Å². The second kappa shape index (κ2) is 14.0. The van der Waals surface area contributed by atoms with Gasteiger partial charge in [0.1, 0.15) is 30.4 Å². The predicted octanol–water partition coefficient (Wildman–Crippen LogP) is 5.38. The molecule has 1 unspecified atom stereocenters. The van der Waals surface area contributed by atoms with E-state index in [0.717, 1.165) is 11.3 Å². The van der Waals surface area contributed by atoms with E-state index in [0.29, 0.717) is 35.4 Å². The second-order valence-electron chi connectivity index (χ2n) is 11.1. The molecular weight excluding hydrogens is 675 g/mol. The van der Waals surface area contributed by atoms with Crippen LogP contribution in [0.5, 0.6) is 0 Å². The normalized spacial score (nSPS) is 15.7. The van der Waals surface area contributed by atoms with Gasteiger partial charge in [0, 0.05) is 30.6 Å². The minimum Gasteiger partial charge on any atom is -0.744 e. The summed E-state index contributed by atoms with van der Waals surface area (Å²) in [5, 5.41) is 0. The maximum atomic E-state index is 12.3. The molecule has 0 aliphatic heterocycles. The molecule has 4 aromatic rings. The van der Waals surface area contributed by atoms with Gasteiger partial charge in [-0.05, 0) is 83.3 Å². The predicted molar refractivity (Wildman–Crippen MR) is 178 cm³/mol. The van der Waals surface area contributed by atoms with Crippen LogP contribution in [0.3, 0.4) is 0 Å². The summed E-state index contributed by atoms with van der Waals surface area (Å²) < 4.78 is 106. The highest BCUT2D eigenvalue weighted by Gasteiger charge is 2.27. The van der Waals surface area contributed by atoms with Gasteiger partial charge < -0.3 is 18.6 Å². The topological polar surface area (TPSA) is 175 Å². The summed E-state index contributed by atoms with van der Waals surface area (Å²) in [6, 6.07) is 24.9. The number of rotatable bonds is 11. The highest BCUT2D eigenvalue weighted by Crippen LogP contribution is 2.39. The van der Waals surface area contributed by atoms with Crippen LogP contribution in [-0.4, -0.2) is 45.5 Å². The van der Waals surface area contributed by atoms with Crippen molar-refractivity contribution in [1.29, 1.82) is 0 Å². The van der Waals surface area contributed by atoms with Crippen LogP contribution in [-0.2, 0) is 36.9 Å². The summed E-state index contributed by atoms with van der Waals surface area (Å²) in [5.41, 5.74) is 3.69. The van der Waals surface area contributed by atoms with Crippen molar-refractivity contribution in [3.05, 3.63) is 149 Å². The Kier molecular flexibility index (Phi) is 10.2. The molecule has 0 radical (unpaired) electrons. The zero-order chi connectivity index (χ0) is 34.7. The molecule has 0 N–H and O–H groups in total. The lowest BCUT2D eigenvalue weighted by molar-refractivity contribution is 0.459. The van der Waals surface area contributed by atoms with E-state index in [2.05, 4.69) is 0 Å². The molecule has 0 aromatic heterocycles. The molecule has 13 heteroatoms. The van der Waals surface area contributed by atoms with Crippen LogP contribution >= 0.6 is 0 Å². The Balaban J connectivity index is 1.48. The fourth-order valence-corrected chi connectivity index (χ4v) is 7.50. The highest BCUT2D eigenvalue weighted by atomic mass is 32.2. The van der Waals surface area contributed by atoms with Gasteiger partial charge in [-0.15, -0.1) is 0 Å². The van der Waals surface area contributed by atoms with Gasteiger partial charge in [0.2, 0.25) is 0 Å². The Morgan fingerprint density at radius 3 is 1.92 bits per heavy atom. The number of nitrogens with zero attached hydrogens (tertiary/aromatic N) is 1. The zero-order valence-corrected chi connectivity index (χ0v) is 28.0. The summed E-state index contributed by atoms with van der Waals surface area (Å²) in [5.74, 6) is -0.973. The first-order valence-corrected chi connectivity index (χ1v) is 18.9. The maximum Gasteiger partial charge on any atom is 0.124 e. The van der Waals surface area contributed by atoms with Gasteiger partial charge >= 0.3 is 0 Å². The van der Waals surface area contributed by atoms with Gasteiger partial charge in [-0.1, -0.05) is 78.9 Å². The van der Waals surface area contributed by atoms with E-state index in [1.165, 1.54) is 48.5 Å². The molecule has 0 amide bonds. The van der Waals surface area contributed by atoms with Crippen LogP contribution in [0, 0.1) is 5.92 Å². The third-order valence-corrected chi connectivity index (χ3v) is 10.5. The van der Waals surface area contributed by atoms with Crippen molar-refractivity contribution in [2.24, 2.45) is 5.92 Å². The monoisotopic (exact) mass is 704 g/mol. The molecule has 0 saturated carbocycles. The summed E-state index contributed by atoms with van der Waals surface area (Å²) in [6.45, 7) is 2.81. The highest BCUT2D eigenvalue weighted by molar-refractivity contribution is 7.86. The number of benzene rings is 4. The van der Waals surface area contributed by atoms with Crippen LogP contribution < -0.4 is 4.90 Å². The van der Waals surface area contributed by atoms with Crippen molar-refractivity contribution < 1.29 is 38.9 Å². The maximum absolute atomic E-state index is 12.3. The van der Waals surface area contributed by atoms with E-state index in [9.17, 15) is 38.9 Å². The SMILES string of the molecule is CCN(Cc1cccc(S(=O)(=O)[O-])c1)c1ccc(C(c2ccccc2S(=O)(=O)[O-])C2C=CC(=Cc3cccc(S(=O)(=O)[O-])c3)C=C2)cc1. The smallest absolute Gasteiger partial charge is 0.124 e. The molecule has 1 aliphatic carbocycles. The van der Waals surface area contributed by atoms with Gasteiger partial charge in [-0.25, -0.2) is 25.3 Å². The molecule has 250 valence electrons. The van der Waals surface area contributed by atoms with Crippen molar-refractivity contribution in [3.8, 4) is 0 Å².